The Morgan fingerprint density at radius 1 is 0.983 bits per heavy atom. The van der Waals surface area contributed by atoms with Crippen molar-refractivity contribution in [2.45, 2.75) is 159 Å². The molecule has 1 saturated carbocycles. The van der Waals surface area contributed by atoms with Crippen molar-refractivity contribution in [3.8, 4) is 0 Å². The molecule has 0 radical (unpaired) electrons. The smallest absolute Gasteiger partial charge is 0.329 e. The maximum absolute atomic E-state index is 14.3. The number of rotatable bonds is 7. The van der Waals surface area contributed by atoms with Crippen LogP contribution in [0.4, 0.5) is 0 Å². The SMILES string of the molecule is C=CC[C@@H]1/C=C(\C)C[C@H](C)C[C@H](OC)[C@H]2O[C@@](O)(C(=O)C(=O)N3CCCC[C@H]3C(=O)O[C@H](/C(C)=C/[C@@H]3CC[C@@H](O)[C@](O)(OC)C3)[C@H](C)[C@@H](O)CC1=O)[C@H](C)C[C@@H]2OC. The highest BCUT2D eigenvalue weighted by molar-refractivity contribution is 6.39. The lowest BCUT2D eigenvalue weighted by Gasteiger charge is -2.47. The van der Waals surface area contributed by atoms with Gasteiger partial charge in [-0.3, -0.25) is 14.4 Å². The number of Topliss-reactive ketones (excluding diaryl/α,β-unsaturated/α-hetero) is 2. The first-order valence-corrected chi connectivity index (χ1v) is 21.0. The second kappa shape index (κ2) is 20.6. The molecule has 0 aromatic heterocycles. The number of allylic oxidation sites excluding steroid dienone is 4. The standard InChI is InChI=1S/C44H69NO13/c1-10-13-31-19-25(2)18-26(3)20-35(54-7)39-36(55-8)22-28(5)44(53,58-39)40(49)41(50)45-17-12-11-14-32(45)42(51)57-38(29(6)33(46)23-34(31)47)27(4)21-30-15-16-37(48)43(52,24-30)56-9/h10,19,21,26,28-33,35-39,46,48,52-53H,1,11-18,20,22-24H2,2-9H3/b25-19+,27-21+/t26-,28+,29+,30-,31+,32-,33-,35-,36-,37+,38+,39+,43+,44+/m0/s1. The van der Waals surface area contributed by atoms with Crippen molar-refractivity contribution in [3.05, 3.63) is 36.0 Å². The molecule has 14 nitrogen and oxygen atoms in total. The van der Waals surface area contributed by atoms with Crippen LogP contribution in [-0.4, -0.2) is 131 Å². The average molecular weight is 820 g/mol. The van der Waals surface area contributed by atoms with Gasteiger partial charge in [-0.25, -0.2) is 4.79 Å². The predicted molar refractivity (Wildman–Crippen MR) is 214 cm³/mol. The van der Waals surface area contributed by atoms with Gasteiger partial charge in [0.1, 0.15) is 30.1 Å². The van der Waals surface area contributed by atoms with Crippen molar-refractivity contribution in [1.29, 1.82) is 0 Å². The van der Waals surface area contributed by atoms with E-state index in [4.69, 9.17) is 23.7 Å². The van der Waals surface area contributed by atoms with E-state index in [0.29, 0.717) is 44.1 Å². The maximum atomic E-state index is 14.3. The van der Waals surface area contributed by atoms with Crippen molar-refractivity contribution in [3.63, 3.8) is 0 Å². The molecule has 14 heteroatoms. The molecule has 3 aliphatic heterocycles. The molecule has 1 amide bonds. The van der Waals surface area contributed by atoms with Gasteiger partial charge in [0.15, 0.2) is 5.79 Å². The van der Waals surface area contributed by atoms with Gasteiger partial charge in [-0.15, -0.1) is 6.58 Å². The van der Waals surface area contributed by atoms with E-state index < -0.39 is 89.7 Å². The number of ketones is 2. The molecule has 0 unspecified atom stereocenters. The van der Waals surface area contributed by atoms with E-state index in [1.165, 1.54) is 21.3 Å². The highest BCUT2D eigenvalue weighted by Crippen LogP contribution is 2.40. The van der Waals surface area contributed by atoms with Gasteiger partial charge in [0.05, 0.1) is 18.3 Å². The van der Waals surface area contributed by atoms with Gasteiger partial charge in [-0.1, -0.05) is 44.6 Å². The Morgan fingerprint density at radius 3 is 2.29 bits per heavy atom. The van der Waals surface area contributed by atoms with Crippen molar-refractivity contribution in [2.75, 3.05) is 27.9 Å². The number of aliphatic hydroxyl groups excluding tert-OH is 2. The summed E-state index contributed by atoms with van der Waals surface area (Å²) in [6, 6.07) is -1.19. The zero-order valence-electron chi connectivity index (χ0n) is 35.8. The van der Waals surface area contributed by atoms with E-state index >= 15 is 0 Å². The fraction of sp³-hybridized carbons (Fsp3) is 0.773. The Bertz CT molecular complexity index is 1530. The topological polar surface area (TPSA) is 199 Å². The molecular weight excluding hydrogens is 750 g/mol. The summed E-state index contributed by atoms with van der Waals surface area (Å²) in [5.74, 6) is -10.1. The molecule has 328 valence electrons. The summed E-state index contributed by atoms with van der Waals surface area (Å²) in [5, 5.41) is 45.1. The van der Waals surface area contributed by atoms with Crippen molar-refractivity contribution < 1.29 is 63.3 Å². The second-order valence-corrected chi connectivity index (χ2v) is 17.5. The molecular formula is C44H69NO13. The minimum Gasteiger partial charge on any atom is -0.456 e. The summed E-state index contributed by atoms with van der Waals surface area (Å²) < 4.78 is 29.4. The highest BCUT2D eigenvalue weighted by atomic mass is 16.7. The fourth-order valence-electron chi connectivity index (χ4n) is 9.45. The third-order valence-electron chi connectivity index (χ3n) is 13.0. The number of nitrogens with zero attached hydrogens (tertiary/aromatic N) is 1. The first-order valence-electron chi connectivity index (χ1n) is 21.0. The maximum Gasteiger partial charge on any atom is 0.329 e. The highest BCUT2D eigenvalue weighted by Gasteiger charge is 2.56. The van der Waals surface area contributed by atoms with Crippen LogP contribution in [0, 0.1) is 29.6 Å². The molecule has 1 aliphatic carbocycles. The Labute approximate surface area is 343 Å². The monoisotopic (exact) mass is 819 g/mol. The van der Waals surface area contributed by atoms with E-state index in [1.54, 1.807) is 26.8 Å². The lowest BCUT2D eigenvalue weighted by Crippen LogP contribution is -2.64. The van der Waals surface area contributed by atoms with Gasteiger partial charge < -0.3 is 49.0 Å². The summed E-state index contributed by atoms with van der Waals surface area (Å²) in [4.78, 5) is 57.8. The molecule has 4 rings (SSSR count). The van der Waals surface area contributed by atoms with E-state index in [-0.39, 0.29) is 56.3 Å². The van der Waals surface area contributed by atoms with Crippen LogP contribution in [0.15, 0.2) is 36.0 Å². The lowest BCUT2D eigenvalue weighted by atomic mass is 9.80. The van der Waals surface area contributed by atoms with E-state index in [2.05, 4.69) is 6.58 Å². The number of piperidine rings is 1. The van der Waals surface area contributed by atoms with Gasteiger partial charge in [-0.05, 0) is 89.0 Å². The Balaban J connectivity index is 1.79. The van der Waals surface area contributed by atoms with E-state index in [0.717, 1.165) is 10.5 Å². The molecule has 14 atom stereocenters. The van der Waals surface area contributed by atoms with Gasteiger partial charge in [0.25, 0.3) is 11.7 Å². The number of esters is 1. The summed E-state index contributed by atoms with van der Waals surface area (Å²) in [6.45, 7) is 12.9. The normalized spacial score (nSPS) is 41.8. The number of ether oxygens (including phenoxy) is 5. The van der Waals surface area contributed by atoms with E-state index in [1.807, 2.05) is 26.0 Å². The number of hydrogen-bond donors (Lipinski definition) is 4. The molecule has 58 heavy (non-hydrogen) atoms. The number of cyclic esters (lactones) is 1. The van der Waals surface area contributed by atoms with Crippen molar-refractivity contribution >= 4 is 23.4 Å². The molecule has 3 heterocycles. The van der Waals surface area contributed by atoms with Crippen LogP contribution in [0.1, 0.15) is 105 Å². The summed E-state index contributed by atoms with van der Waals surface area (Å²) in [5.41, 5.74) is 1.47. The number of amides is 1. The van der Waals surface area contributed by atoms with Gasteiger partial charge in [-0.2, -0.15) is 0 Å². The Morgan fingerprint density at radius 2 is 1.66 bits per heavy atom. The molecule has 0 aromatic rings. The zero-order chi connectivity index (χ0) is 43.1. The fourth-order valence-corrected chi connectivity index (χ4v) is 9.45. The third-order valence-corrected chi connectivity index (χ3v) is 13.0. The quantitative estimate of drug-likeness (QED) is 0.125. The number of hydrogen-bond acceptors (Lipinski definition) is 13. The van der Waals surface area contributed by atoms with Crippen LogP contribution < -0.4 is 0 Å². The first-order chi connectivity index (χ1) is 27.3. The average Bonchev–Trinajstić information content (AvgIpc) is 3.19. The Hall–Kier alpha value is -2.82. The van der Waals surface area contributed by atoms with Gasteiger partial charge in [0, 0.05) is 58.5 Å². The molecule has 4 N–H and O–H groups in total. The summed E-state index contributed by atoms with van der Waals surface area (Å²) >= 11 is 0. The minimum atomic E-state index is -2.53. The van der Waals surface area contributed by atoms with Crippen LogP contribution in [-0.2, 0) is 42.9 Å². The molecule has 4 aliphatic rings. The molecule has 3 fully saturated rings. The largest absolute Gasteiger partial charge is 0.456 e. The van der Waals surface area contributed by atoms with Crippen molar-refractivity contribution in [1.82, 2.24) is 4.90 Å². The van der Waals surface area contributed by atoms with Crippen LogP contribution in [0.5, 0.6) is 0 Å². The third kappa shape index (κ3) is 10.9. The summed E-state index contributed by atoms with van der Waals surface area (Å²) in [6.07, 6.45) is 3.26. The number of carbonyl (C=O) groups is 4. The second-order valence-electron chi connectivity index (χ2n) is 17.5. The molecule has 0 aromatic carbocycles. The van der Waals surface area contributed by atoms with E-state index in [9.17, 15) is 39.6 Å². The van der Waals surface area contributed by atoms with Gasteiger partial charge in [0.2, 0.25) is 5.79 Å². The minimum absolute atomic E-state index is 0.00798. The number of carbonyl (C=O) groups excluding carboxylic acids is 4. The summed E-state index contributed by atoms with van der Waals surface area (Å²) in [7, 11) is 4.35. The van der Waals surface area contributed by atoms with Crippen molar-refractivity contribution in [2.24, 2.45) is 29.6 Å². The van der Waals surface area contributed by atoms with Gasteiger partial charge >= 0.3 is 5.97 Å². The zero-order valence-corrected chi connectivity index (χ0v) is 35.8. The molecule has 0 spiro atoms. The Kier molecular flexibility index (Phi) is 17.0. The number of aliphatic hydroxyl groups is 4. The number of fused-ring (bicyclic) bond motifs is 3. The number of methoxy groups -OCH3 is 3. The lowest BCUT2D eigenvalue weighted by molar-refractivity contribution is -0.302. The van der Waals surface area contributed by atoms with Crippen LogP contribution in [0.3, 0.4) is 0 Å². The predicted octanol–water partition coefficient (Wildman–Crippen LogP) is 3.96. The van der Waals surface area contributed by atoms with Crippen LogP contribution >= 0.6 is 0 Å². The first kappa shape index (κ1) is 47.9. The van der Waals surface area contributed by atoms with Crippen LogP contribution in [0.2, 0.25) is 0 Å². The molecule has 2 bridgehead atoms. The molecule has 2 saturated heterocycles. The van der Waals surface area contributed by atoms with Crippen LogP contribution in [0.25, 0.3) is 0 Å².